The summed E-state index contributed by atoms with van der Waals surface area (Å²) in [6.07, 6.45) is -0.186. The minimum atomic E-state index is -4.37. The van der Waals surface area contributed by atoms with Crippen LogP contribution in [0.1, 0.15) is 50.7 Å². The van der Waals surface area contributed by atoms with Crippen molar-refractivity contribution in [2.45, 2.75) is 58.3 Å². The van der Waals surface area contributed by atoms with Crippen LogP contribution in [0.25, 0.3) is 0 Å². The lowest BCUT2D eigenvalue weighted by molar-refractivity contribution is -0.137. The van der Waals surface area contributed by atoms with E-state index in [-0.39, 0.29) is 18.6 Å². The van der Waals surface area contributed by atoms with Crippen LogP contribution < -0.4 is 10.6 Å². The van der Waals surface area contributed by atoms with Gasteiger partial charge in [0.05, 0.1) is 5.56 Å². The number of urea groups is 1. The molecular weight excluding hydrogens is 293 g/mol. The van der Waals surface area contributed by atoms with Crippen LogP contribution in [0.2, 0.25) is 0 Å². The average Bonchev–Trinajstić information content (AvgIpc) is 2.45. The molecule has 0 saturated heterocycles. The van der Waals surface area contributed by atoms with E-state index in [0.717, 1.165) is 37.8 Å². The molecule has 0 bridgehead atoms. The second-order valence-corrected chi connectivity index (χ2v) is 5.42. The molecule has 0 aliphatic rings. The first kappa shape index (κ1) is 18.3. The first-order valence-corrected chi connectivity index (χ1v) is 7.53. The molecule has 124 valence electrons. The largest absolute Gasteiger partial charge is 0.416 e. The summed E-state index contributed by atoms with van der Waals surface area (Å²) in [7, 11) is 0. The molecule has 0 heterocycles. The van der Waals surface area contributed by atoms with E-state index in [9.17, 15) is 18.0 Å². The molecule has 0 saturated carbocycles. The maximum Gasteiger partial charge on any atom is 0.416 e. The molecule has 0 aliphatic carbocycles. The third kappa shape index (κ3) is 6.83. The topological polar surface area (TPSA) is 41.1 Å². The number of unbranched alkanes of at least 4 members (excludes halogenated alkanes) is 2. The minimum Gasteiger partial charge on any atom is -0.336 e. The highest BCUT2D eigenvalue weighted by molar-refractivity contribution is 5.74. The van der Waals surface area contributed by atoms with E-state index in [0.29, 0.717) is 5.56 Å². The van der Waals surface area contributed by atoms with Crippen molar-refractivity contribution in [3.8, 4) is 0 Å². The standard InChI is InChI=1S/C16H23F3N2O/c1-3-4-5-7-12(2)21-15(22)20-11-13-8-6-9-14(10-13)16(17,18)19/h6,8-10,12H,3-5,7,11H2,1-2H3,(H2,20,21,22). The molecule has 2 N–H and O–H groups in total. The third-order valence-electron chi connectivity index (χ3n) is 3.33. The predicted molar refractivity (Wildman–Crippen MR) is 80.4 cm³/mol. The highest BCUT2D eigenvalue weighted by Gasteiger charge is 2.30. The van der Waals surface area contributed by atoms with Crippen LogP contribution in [0.3, 0.4) is 0 Å². The molecule has 2 amide bonds. The van der Waals surface area contributed by atoms with E-state index in [1.165, 1.54) is 6.07 Å². The van der Waals surface area contributed by atoms with Gasteiger partial charge in [0, 0.05) is 12.6 Å². The molecule has 1 rings (SSSR count). The number of rotatable bonds is 7. The fourth-order valence-corrected chi connectivity index (χ4v) is 2.09. The number of alkyl halides is 3. The maximum atomic E-state index is 12.6. The lowest BCUT2D eigenvalue weighted by atomic mass is 10.1. The van der Waals surface area contributed by atoms with Crippen LogP contribution in [-0.4, -0.2) is 12.1 Å². The van der Waals surface area contributed by atoms with Gasteiger partial charge in [0.2, 0.25) is 0 Å². The minimum absolute atomic E-state index is 0.0491. The van der Waals surface area contributed by atoms with Gasteiger partial charge < -0.3 is 10.6 Å². The van der Waals surface area contributed by atoms with Crippen molar-refractivity contribution < 1.29 is 18.0 Å². The Balaban J connectivity index is 2.41. The van der Waals surface area contributed by atoms with Crippen LogP contribution >= 0.6 is 0 Å². The maximum absolute atomic E-state index is 12.6. The summed E-state index contributed by atoms with van der Waals surface area (Å²) in [4.78, 5) is 11.7. The molecule has 1 unspecified atom stereocenters. The number of amides is 2. The van der Waals surface area contributed by atoms with Crippen LogP contribution in [0.4, 0.5) is 18.0 Å². The molecule has 6 heteroatoms. The van der Waals surface area contributed by atoms with Gasteiger partial charge in [0.15, 0.2) is 0 Å². The van der Waals surface area contributed by atoms with Gasteiger partial charge in [-0.1, -0.05) is 38.3 Å². The van der Waals surface area contributed by atoms with Crippen LogP contribution in [0.15, 0.2) is 24.3 Å². The fourth-order valence-electron chi connectivity index (χ4n) is 2.09. The van der Waals surface area contributed by atoms with E-state index in [1.54, 1.807) is 6.07 Å². The normalized spacial score (nSPS) is 12.8. The van der Waals surface area contributed by atoms with Crippen LogP contribution in [0.5, 0.6) is 0 Å². The van der Waals surface area contributed by atoms with Crippen molar-refractivity contribution in [2.75, 3.05) is 0 Å². The molecule has 0 spiro atoms. The predicted octanol–water partition coefficient (Wildman–Crippen LogP) is 4.47. The average molecular weight is 316 g/mol. The zero-order chi connectivity index (χ0) is 16.6. The van der Waals surface area contributed by atoms with Gasteiger partial charge in [-0.2, -0.15) is 13.2 Å². The molecular formula is C16H23F3N2O. The smallest absolute Gasteiger partial charge is 0.336 e. The summed E-state index contributed by atoms with van der Waals surface area (Å²) in [5.41, 5.74) is -0.288. The number of hydrogen-bond donors (Lipinski definition) is 2. The first-order valence-electron chi connectivity index (χ1n) is 7.53. The van der Waals surface area contributed by atoms with Crippen molar-refractivity contribution >= 4 is 6.03 Å². The molecule has 1 aromatic rings. The Morgan fingerprint density at radius 2 is 2.00 bits per heavy atom. The molecule has 1 aromatic carbocycles. The molecule has 22 heavy (non-hydrogen) atoms. The molecule has 0 radical (unpaired) electrons. The van der Waals surface area contributed by atoms with Gasteiger partial charge in [0.25, 0.3) is 0 Å². The van der Waals surface area contributed by atoms with Gasteiger partial charge in [-0.25, -0.2) is 4.79 Å². The molecule has 0 fully saturated rings. The van der Waals surface area contributed by atoms with E-state index in [1.807, 2.05) is 6.92 Å². The van der Waals surface area contributed by atoms with Crippen molar-refractivity contribution in [2.24, 2.45) is 0 Å². The van der Waals surface area contributed by atoms with E-state index in [4.69, 9.17) is 0 Å². The van der Waals surface area contributed by atoms with Crippen molar-refractivity contribution in [3.63, 3.8) is 0 Å². The van der Waals surface area contributed by atoms with Crippen molar-refractivity contribution in [1.29, 1.82) is 0 Å². The number of carbonyl (C=O) groups is 1. The lowest BCUT2D eigenvalue weighted by Crippen LogP contribution is -2.40. The Morgan fingerprint density at radius 1 is 1.27 bits per heavy atom. The van der Waals surface area contributed by atoms with Gasteiger partial charge >= 0.3 is 12.2 Å². The second-order valence-electron chi connectivity index (χ2n) is 5.42. The molecule has 3 nitrogen and oxygen atoms in total. The summed E-state index contributed by atoms with van der Waals surface area (Å²) in [5, 5.41) is 5.36. The Hall–Kier alpha value is -1.72. The van der Waals surface area contributed by atoms with Crippen molar-refractivity contribution in [1.82, 2.24) is 10.6 Å². The molecule has 0 aliphatic heterocycles. The van der Waals surface area contributed by atoms with Crippen LogP contribution in [-0.2, 0) is 12.7 Å². The first-order chi connectivity index (χ1) is 10.3. The van der Waals surface area contributed by atoms with E-state index >= 15 is 0 Å². The number of benzene rings is 1. The summed E-state index contributed by atoms with van der Waals surface area (Å²) < 4.78 is 37.8. The van der Waals surface area contributed by atoms with E-state index in [2.05, 4.69) is 17.6 Å². The van der Waals surface area contributed by atoms with Gasteiger partial charge in [-0.05, 0) is 31.0 Å². The lowest BCUT2D eigenvalue weighted by Gasteiger charge is -2.15. The number of nitrogens with one attached hydrogen (secondary N) is 2. The highest BCUT2D eigenvalue weighted by Crippen LogP contribution is 2.29. The van der Waals surface area contributed by atoms with Gasteiger partial charge in [-0.3, -0.25) is 0 Å². The number of halogens is 3. The highest BCUT2D eigenvalue weighted by atomic mass is 19.4. The van der Waals surface area contributed by atoms with Crippen molar-refractivity contribution in [3.05, 3.63) is 35.4 Å². The fraction of sp³-hybridized carbons (Fsp3) is 0.562. The Bertz CT molecular complexity index is 475. The molecule has 0 aromatic heterocycles. The third-order valence-corrected chi connectivity index (χ3v) is 3.33. The zero-order valence-electron chi connectivity index (χ0n) is 13.0. The Labute approximate surface area is 129 Å². The SMILES string of the molecule is CCCCCC(C)NC(=O)NCc1cccc(C(F)(F)F)c1. The summed E-state index contributed by atoms with van der Waals surface area (Å²) in [5.74, 6) is 0. The number of carbonyl (C=O) groups excluding carboxylic acids is 1. The van der Waals surface area contributed by atoms with Gasteiger partial charge in [0.1, 0.15) is 0 Å². The summed E-state index contributed by atoms with van der Waals surface area (Å²) >= 11 is 0. The Morgan fingerprint density at radius 3 is 2.64 bits per heavy atom. The second kappa shape index (κ2) is 8.66. The van der Waals surface area contributed by atoms with E-state index < -0.39 is 11.7 Å². The Kier molecular flexibility index (Phi) is 7.21. The summed E-state index contributed by atoms with van der Waals surface area (Å²) in [6, 6.07) is 4.64. The molecule has 1 atom stereocenters. The quantitative estimate of drug-likeness (QED) is 0.716. The monoisotopic (exact) mass is 316 g/mol. The zero-order valence-corrected chi connectivity index (χ0v) is 13.0. The number of hydrogen-bond acceptors (Lipinski definition) is 1. The summed E-state index contributed by atoms with van der Waals surface area (Å²) in [6.45, 7) is 4.09. The van der Waals surface area contributed by atoms with Crippen LogP contribution in [0, 0.1) is 0 Å². The van der Waals surface area contributed by atoms with Gasteiger partial charge in [-0.15, -0.1) is 0 Å².